The Labute approximate surface area is 107 Å². The molecule has 0 aliphatic carbocycles. The number of hydrogen-bond acceptors (Lipinski definition) is 2. The molecule has 18 heavy (non-hydrogen) atoms. The van der Waals surface area contributed by atoms with Crippen molar-refractivity contribution in [1.82, 2.24) is 0 Å². The van der Waals surface area contributed by atoms with Crippen molar-refractivity contribution in [2.45, 2.75) is 13.0 Å². The van der Waals surface area contributed by atoms with Crippen LogP contribution in [0, 0.1) is 0 Å². The van der Waals surface area contributed by atoms with Crippen LogP contribution < -0.4 is 11.1 Å². The molecule has 0 aliphatic heterocycles. The minimum absolute atomic E-state index is 0.0123. The second-order valence-electron chi connectivity index (χ2n) is 4.11. The fourth-order valence-electron chi connectivity index (χ4n) is 1.71. The fourth-order valence-corrected chi connectivity index (χ4v) is 1.71. The summed E-state index contributed by atoms with van der Waals surface area (Å²) in [6.07, 6.45) is 0.388. The highest BCUT2D eigenvalue weighted by Gasteiger charge is 2.03. The smallest absolute Gasteiger partial charge is 0.228 e. The summed E-state index contributed by atoms with van der Waals surface area (Å²) in [5.41, 5.74) is 8.38. The summed E-state index contributed by atoms with van der Waals surface area (Å²) < 4.78 is 0. The molecule has 0 bridgehead atoms. The van der Waals surface area contributed by atoms with Gasteiger partial charge in [0.15, 0.2) is 0 Å². The van der Waals surface area contributed by atoms with Gasteiger partial charge in [-0.25, -0.2) is 0 Å². The van der Waals surface area contributed by atoms with Crippen molar-refractivity contribution in [2.75, 3.05) is 5.32 Å². The third kappa shape index (κ3) is 3.43. The number of rotatable bonds is 4. The Kier molecular flexibility index (Phi) is 4.10. The lowest BCUT2D eigenvalue weighted by Crippen LogP contribution is -2.14. The number of benzene rings is 2. The first-order valence-corrected chi connectivity index (χ1v) is 5.91. The van der Waals surface area contributed by atoms with E-state index < -0.39 is 0 Å². The monoisotopic (exact) mass is 240 g/mol. The zero-order valence-electron chi connectivity index (χ0n) is 10.1. The van der Waals surface area contributed by atoms with E-state index in [9.17, 15) is 4.79 Å². The van der Waals surface area contributed by atoms with E-state index in [1.165, 1.54) is 0 Å². The molecule has 2 rings (SSSR count). The third-order valence-corrected chi connectivity index (χ3v) is 2.68. The predicted octanol–water partition coefficient (Wildman–Crippen LogP) is 2.33. The van der Waals surface area contributed by atoms with Crippen molar-refractivity contribution < 1.29 is 4.79 Å². The molecule has 0 unspecified atom stereocenters. The quantitative estimate of drug-likeness (QED) is 0.861. The van der Waals surface area contributed by atoms with Crippen LogP contribution >= 0.6 is 0 Å². The zero-order chi connectivity index (χ0) is 12.8. The molecule has 0 atom stereocenters. The van der Waals surface area contributed by atoms with Gasteiger partial charge in [0, 0.05) is 12.2 Å². The first-order chi connectivity index (χ1) is 8.78. The van der Waals surface area contributed by atoms with Crippen molar-refractivity contribution in [3.05, 3.63) is 65.7 Å². The number of nitrogens with two attached hydrogens (primary N) is 1. The Morgan fingerprint density at radius 1 is 0.944 bits per heavy atom. The average molecular weight is 240 g/mol. The molecule has 0 radical (unpaired) electrons. The molecular weight excluding hydrogens is 224 g/mol. The maximum absolute atomic E-state index is 11.8. The number of carbonyl (C=O) groups is 1. The lowest BCUT2D eigenvalue weighted by Gasteiger charge is -2.06. The average Bonchev–Trinajstić information content (AvgIpc) is 2.40. The molecular formula is C15H16N2O. The Bertz CT molecular complexity index is 506. The molecule has 2 aromatic carbocycles. The topological polar surface area (TPSA) is 55.1 Å². The number of hydrogen-bond donors (Lipinski definition) is 2. The van der Waals surface area contributed by atoms with Crippen molar-refractivity contribution in [3.8, 4) is 0 Å². The molecule has 92 valence electrons. The van der Waals surface area contributed by atoms with Gasteiger partial charge < -0.3 is 11.1 Å². The van der Waals surface area contributed by atoms with Gasteiger partial charge in [0.2, 0.25) is 5.91 Å². The minimum atomic E-state index is -0.0123. The number of carbonyl (C=O) groups excluding carboxylic acids is 1. The molecule has 0 saturated heterocycles. The number of amides is 1. The maximum Gasteiger partial charge on any atom is 0.228 e. The van der Waals surface area contributed by atoms with Gasteiger partial charge in [-0.1, -0.05) is 42.5 Å². The zero-order valence-corrected chi connectivity index (χ0v) is 10.1. The van der Waals surface area contributed by atoms with Gasteiger partial charge in [-0.15, -0.1) is 0 Å². The Morgan fingerprint density at radius 2 is 1.61 bits per heavy atom. The normalized spacial score (nSPS) is 10.1. The highest BCUT2D eigenvalue weighted by Crippen LogP contribution is 2.10. The summed E-state index contributed by atoms with van der Waals surface area (Å²) in [5.74, 6) is -0.0123. The van der Waals surface area contributed by atoms with Crippen LogP contribution in [0.1, 0.15) is 11.1 Å². The molecule has 3 nitrogen and oxygen atoms in total. The maximum atomic E-state index is 11.8. The van der Waals surface area contributed by atoms with Gasteiger partial charge in [0.1, 0.15) is 0 Å². The highest BCUT2D eigenvalue weighted by molar-refractivity contribution is 5.92. The molecule has 0 heterocycles. The van der Waals surface area contributed by atoms with Crippen LogP contribution in [-0.4, -0.2) is 5.91 Å². The van der Waals surface area contributed by atoms with E-state index in [-0.39, 0.29) is 5.91 Å². The minimum Gasteiger partial charge on any atom is -0.326 e. The van der Waals surface area contributed by atoms with Crippen LogP contribution in [0.2, 0.25) is 0 Å². The van der Waals surface area contributed by atoms with E-state index >= 15 is 0 Å². The molecule has 0 fully saturated rings. The highest BCUT2D eigenvalue weighted by atomic mass is 16.1. The standard InChI is InChI=1S/C15H16N2O/c16-11-13-6-8-14(9-7-13)17-15(18)10-12-4-2-1-3-5-12/h1-9H,10-11,16H2,(H,17,18). The first kappa shape index (κ1) is 12.3. The lowest BCUT2D eigenvalue weighted by atomic mass is 10.1. The van der Waals surface area contributed by atoms with Crippen molar-refractivity contribution in [1.29, 1.82) is 0 Å². The number of anilines is 1. The van der Waals surface area contributed by atoms with E-state index in [0.29, 0.717) is 13.0 Å². The SMILES string of the molecule is NCc1ccc(NC(=O)Cc2ccccc2)cc1. The molecule has 2 aromatic rings. The summed E-state index contributed by atoms with van der Waals surface area (Å²) in [6.45, 7) is 0.512. The van der Waals surface area contributed by atoms with Gasteiger partial charge in [-0.3, -0.25) is 4.79 Å². The van der Waals surface area contributed by atoms with Gasteiger partial charge in [0.25, 0.3) is 0 Å². The summed E-state index contributed by atoms with van der Waals surface area (Å²) in [4.78, 5) is 11.8. The lowest BCUT2D eigenvalue weighted by molar-refractivity contribution is -0.115. The van der Waals surface area contributed by atoms with Gasteiger partial charge in [-0.05, 0) is 23.3 Å². The van der Waals surface area contributed by atoms with Crippen LogP contribution in [0.5, 0.6) is 0 Å². The predicted molar refractivity (Wildman–Crippen MR) is 73.1 cm³/mol. The van der Waals surface area contributed by atoms with Gasteiger partial charge in [0.05, 0.1) is 6.42 Å². The Balaban J connectivity index is 1.94. The van der Waals surface area contributed by atoms with E-state index in [0.717, 1.165) is 16.8 Å². The molecule has 3 N–H and O–H groups in total. The summed E-state index contributed by atoms with van der Waals surface area (Å²) in [7, 11) is 0. The van der Waals surface area contributed by atoms with Crippen LogP contribution in [-0.2, 0) is 17.8 Å². The molecule has 0 spiro atoms. The van der Waals surface area contributed by atoms with Gasteiger partial charge >= 0.3 is 0 Å². The van der Waals surface area contributed by atoms with Crippen molar-refractivity contribution >= 4 is 11.6 Å². The van der Waals surface area contributed by atoms with E-state index in [4.69, 9.17) is 5.73 Å². The van der Waals surface area contributed by atoms with Crippen LogP contribution in [0.3, 0.4) is 0 Å². The molecule has 0 aliphatic rings. The van der Waals surface area contributed by atoms with Crippen molar-refractivity contribution in [3.63, 3.8) is 0 Å². The third-order valence-electron chi connectivity index (χ3n) is 2.68. The van der Waals surface area contributed by atoms with Crippen LogP contribution in [0.15, 0.2) is 54.6 Å². The fraction of sp³-hybridized carbons (Fsp3) is 0.133. The largest absolute Gasteiger partial charge is 0.326 e. The second-order valence-corrected chi connectivity index (χ2v) is 4.11. The Morgan fingerprint density at radius 3 is 2.22 bits per heavy atom. The molecule has 0 saturated carbocycles. The van der Waals surface area contributed by atoms with E-state index in [2.05, 4.69) is 5.32 Å². The second kappa shape index (κ2) is 5.98. The van der Waals surface area contributed by atoms with E-state index in [1.54, 1.807) is 0 Å². The summed E-state index contributed by atoms with van der Waals surface area (Å²) in [5, 5.41) is 2.86. The van der Waals surface area contributed by atoms with Crippen LogP contribution in [0.4, 0.5) is 5.69 Å². The first-order valence-electron chi connectivity index (χ1n) is 5.91. The Hall–Kier alpha value is -2.13. The van der Waals surface area contributed by atoms with Crippen molar-refractivity contribution in [2.24, 2.45) is 5.73 Å². The summed E-state index contributed by atoms with van der Waals surface area (Å²) >= 11 is 0. The van der Waals surface area contributed by atoms with E-state index in [1.807, 2.05) is 54.6 Å². The van der Waals surface area contributed by atoms with Crippen LogP contribution in [0.25, 0.3) is 0 Å². The number of nitrogens with one attached hydrogen (secondary N) is 1. The molecule has 1 amide bonds. The van der Waals surface area contributed by atoms with Gasteiger partial charge in [-0.2, -0.15) is 0 Å². The summed E-state index contributed by atoms with van der Waals surface area (Å²) in [6, 6.07) is 17.2. The molecule has 0 aromatic heterocycles. The molecule has 3 heteroatoms.